The number of carbonyl (C=O) groups excluding carboxylic acids is 2. The predicted molar refractivity (Wildman–Crippen MR) is 151 cm³/mol. The molecule has 0 unspecified atom stereocenters. The van der Waals surface area contributed by atoms with Gasteiger partial charge in [0.15, 0.2) is 0 Å². The van der Waals surface area contributed by atoms with E-state index in [0.29, 0.717) is 22.6 Å². The number of carbonyl (C=O) groups is 2. The zero-order valence-electron chi connectivity index (χ0n) is 22.4. The van der Waals surface area contributed by atoms with Crippen molar-refractivity contribution in [1.29, 1.82) is 0 Å². The topological polar surface area (TPSA) is 130 Å². The molecule has 0 radical (unpaired) electrons. The lowest BCUT2D eigenvalue weighted by molar-refractivity contribution is -0.384. The lowest BCUT2D eigenvalue weighted by Crippen LogP contribution is -2.54. The lowest BCUT2D eigenvalue weighted by Gasteiger charge is -2.34. The maximum atomic E-state index is 13.9. The van der Waals surface area contributed by atoms with Gasteiger partial charge in [0.2, 0.25) is 21.8 Å². The minimum atomic E-state index is -4.02. The lowest BCUT2D eigenvalue weighted by atomic mass is 9.95. The molecule has 1 fully saturated rings. The Morgan fingerprint density at radius 3 is 2.33 bits per heavy atom. The van der Waals surface area contributed by atoms with Crippen molar-refractivity contribution in [3.63, 3.8) is 0 Å². The van der Waals surface area contributed by atoms with Gasteiger partial charge in [-0.25, -0.2) is 8.42 Å². The fourth-order valence-electron chi connectivity index (χ4n) is 4.83. The molecular weight excluding hydrogens is 544 g/mol. The number of nitro benzene ring substituents is 1. The Morgan fingerprint density at radius 1 is 1.13 bits per heavy atom. The summed E-state index contributed by atoms with van der Waals surface area (Å²) in [7, 11) is -4.02. The minimum Gasteiger partial charge on any atom is -0.352 e. The molecule has 39 heavy (non-hydrogen) atoms. The fraction of sp³-hybridized carbons (Fsp3) is 0.481. The summed E-state index contributed by atoms with van der Waals surface area (Å²) in [5.74, 6) is -0.893. The van der Waals surface area contributed by atoms with Crippen LogP contribution in [0.4, 0.5) is 11.4 Å². The smallest absolute Gasteiger partial charge is 0.271 e. The standard InChI is InChI=1S/C27H35ClN4O6S/c1-4-24(27(34)29-22-8-6-5-7-9-22)30(17-20-11-13-21(28)14-12-20)26(33)18-31(39(3,37)38)25-16-23(32(35)36)15-10-19(25)2/h10-16,22,24H,4-9,17-18H2,1-3H3,(H,29,34)/t24-/m1/s1. The van der Waals surface area contributed by atoms with Crippen molar-refractivity contribution in [1.82, 2.24) is 10.2 Å². The average Bonchev–Trinajstić information content (AvgIpc) is 2.88. The first-order valence-electron chi connectivity index (χ1n) is 13.0. The summed E-state index contributed by atoms with van der Waals surface area (Å²) >= 11 is 6.03. The quantitative estimate of drug-likeness (QED) is 0.307. The first-order chi connectivity index (χ1) is 18.4. The number of non-ortho nitro benzene ring substituents is 1. The van der Waals surface area contributed by atoms with Crippen LogP contribution in [-0.4, -0.2) is 54.9 Å². The number of benzene rings is 2. The third-order valence-electron chi connectivity index (χ3n) is 6.96. The number of nitro groups is 1. The highest BCUT2D eigenvalue weighted by molar-refractivity contribution is 7.92. The van der Waals surface area contributed by atoms with Crippen LogP contribution in [0.5, 0.6) is 0 Å². The van der Waals surface area contributed by atoms with E-state index in [1.54, 1.807) is 38.1 Å². The normalized spacial score (nSPS) is 14.9. The molecule has 1 N–H and O–H groups in total. The number of hydrogen-bond acceptors (Lipinski definition) is 6. The zero-order chi connectivity index (χ0) is 28.7. The molecular formula is C27H35ClN4O6S. The number of sulfonamides is 1. The van der Waals surface area contributed by atoms with Crippen molar-refractivity contribution in [2.24, 2.45) is 0 Å². The molecule has 1 aliphatic carbocycles. The number of amides is 2. The summed E-state index contributed by atoms with van der Waals surface area (Å²) in [6.45, 7) is 2.84. The third-order valence-corrected chi connectivity index (χ3v) is 8.33. The molecule has 1 aliphatic rings. The first-order valence-corrected chi connectivity index (χ1v) is 15.2. The first kappa shape index (κ1) is 30.4. The molecule has 1 saturated carbocycles. The summed E-state index contributed by atoms with van der Waals surface area (Å²) in [5, 5.41) is 15.0. The van der Waals surface area contributed by atoms with Gasteiger partial charge in [-0.15, -0.1) is 0 Å². The third kappa shape index (κ3) is 8.15. The van der Waals surface area contributed by atoms with E-state index >= 15 is 0 Å². The summed E-state index contributed by atoms with van der Waals surface area (Å²) < 4.78 is 26.6. The van der Waals surface area contributed by atoms with Crippen LogP contribution in [0.2, 0.25) is 5.02 Å². The van der Waals surface area contributed by atoms with Crippen LogP contribution in [-0.2, 0) is 26.2 Å². The second-order valence-electron chi connectivity index (χ2n) is 9.91. The van der Waals surface area contributed by atoms with Gasteiger partial charge in [0.25, 0.3) is 5.69 Å². The number of nitrogens with zero attached hydrogens (tertiary/aromatic N) is 3. The van der Waals surface area contributed by atoms with Crippen LogP contribution in [0.1, 0.15) is 56.6 Å². The molecule has 12 heteroatoms. The van der Waals surface area contributed by atoms with Crippen molar-refractivity contribution >= 4 is 44.8 Å². The van der Waals surface area contributed by atoms with Gasteiger partial charge in [0.05, 0.1) is 16.9 Å². The van der Waals surface area contributed by atoms with E-state index in [9.17, 15) is 28.1 Å². The maximum Gasteiger partial charge on any atom is 0.271 e. The Balaban J connectivity index is 1.97. The van der Waals surface area contributed by atoms with E-state index in [2.05, 4.69) is 5.32 Å². The van der Waals surface area contributed by atoms with Crippen molar-refractivity contribution < 1.29 is 22.9 Å². The molecule has 3 rings (SSSR count). The second-order valence-corrected chi connectivity index (χ2v) is 12.3. The molecule has 0 bridgehead atoms. The summed E-state index contributed by atoms with van der Waals surface area (Å²) in [6.07, 6.45) is 6.19. The molecule has 1 atom stereocenters. The molecule has 0 saturated heterocycles. The van der Waals surface area contributed by atoms with Gasteiger partial charge in [-0.3, -0.25) is 24.0 Å². The summed E-state index contributed by atoms with van der Waals surface area (Å²) in [4.78, 5) is 39.4. The SMILES string of the molecule is CC[C@H](C(=O)NC1CCCCC1)N(Cc1ccc(Cl)cc1)C(=O)CN(c1cc([N+](=O)[O-])ccc1C)S(C)(=O)=O. The molecule has 2 aromatic carbocycles. The van der Waals surface area contributed by atoms with Gasteiger partial charge in [-0.1, -0.05) is 56.0 Å². The maximum absolute atomic E-state index is 13.9. The van der Waals surface area contributed by atoms with Crippen LogP contribution in [0.3, 0.4) is 0 Å². The Hall–Kier alpha value is -3.18. The fourth-order valence-corrected chi connectivity index (χ4v) is 5.85. The van der Waals surface area contributed by atoms with Gasteiger partial charge in [-0.2, -0.15) is 0 Å². The Morgan fingerprint density at radius 2 is 1.77 bits per heavy atom. The van der Waals surface area contributed by atoms with E-state index in [0.717, 1.165) is 48.7 Å². The molecule has 212 valence electrons. The Labute approximate surface area is 234 Å². The van der Waals surface area contributed by atoms with Gasteiger partial charge < -0.3 is 10.2 Å². The number of hydrogen-bond donors (Lipinski definition) is 1. The van der Waals surface area contributed by atoms with Crippen molar-refractivity contribution in [3.05, 3.63) is 68.7 Å². The largest absolute Gasteiger partial charge is 0.352 e. The molecule has 2 amide bonds. The van der Waals surface area contributed by atoms with Crippen LogP contribution < -0.4 is 9.62 Å². The van der Waals surface area contributed by atoms with Crippen LogP contribution >= 0.6 is 11.6 Å². The van der Waals surface area contributed by atoms with E-state index < -0.39 is 33.4 Å². The predicted octanol–water partition coefficient (Wildman–Crippen LogP) is 4.58. The molecule has 0 heterocycles. The summed E-state index contributed by atoms with van der Waals surface area (Å²) in [5.41, 5.74) is 0.901. The zero-order valence-corrected chi connectivity index (χ0v) is 24.0. The minimum absolute atomic E-state index is 0.0335. The molecule has 0 aliphatic heterocycles. The van der Waals surface area contributed by atoms with Crippen LogP contribution in [0.25, 0.3) is 0 Å². The Bertz CT molecular complexity index is 1300. The van der Waals surface area contributed by atoms with Gasteiger partial charge >= 0.3 is 0 Å². The van der Waals surface area contributed by atoms with Crippen molar-refractivity contribution in [3.8, 4) is 0 Å². The molecule has 0 aromatic heterocycles. The number of anilines is 1. The van der Waals surface area contributed by atoms with Crippen molar-refractivity contribution in [2.45, 2.75) is 71.0 Å². The average molecular weight is 579 g/mol. The molecule has 10 nitrogen and oxygen atoms in total. The highest BCUT2D eigenvalue weighted by Crippen LogP contribution is 2.28. The van der Waals surface area contributed by atoms with Gasteiger partial charge in [0.1, 0.15) is 12.6 Å². The number of rotatable bonds is 11. The summed E-state index contributed by atoms with van der Waals surface area (Å²) in [6, 6.07) is 9.89. The highest BCUT2D eigenvalue weighted by Gasteiger charge is 2.33. The molecule has 0 spiro atoms. The second kappa shape index (κ2) is 13.3. The Kier molecular flexibility index (Phi) is 10.3. The van der Waals surface area contributed by atoms with Crippen LogP contribution in [0, 0.1) is 17.0 Å². The van der Waals surface area contributed by atoms with E-state index in [4.69, 9.17) is 11.6 Å². The van der Waals surface area contributed by atoms with E-state index in [1.807, 2.05) is 0 Å². The van der Waals surface area contributed by atoms with Crippen LogP contribution in [0.15, 0.2) is 42.5 Å². The van der Waals surface area contributed by atoms with E-state index in [1.165, 1.54) is 17.0 Å². The highest BCUT2D eigenvalue weighted by atomic mass is 35.5. The van der Waals surface area contributed by atoms with Gasteiger partial charge in [-0.05, 0) is 49.4 Å². The number of halogens is 1. The van der Waals surface area contributed by atoms with Gasteiger partial charge in [0, 0.05) is 29.7 Å². The monoisotopic (exact) mass is 578 g/mol. The van der Waals surface area contributed by atoms with E-state index in [-0.39, 0.29) is 29.9 Å². The molecule has 2 aromatic rings. The van der Waals surface area contributed by atoms with Crippen molar-refractivity contribution in [2.75, 3.05) is 17.1 Å². The number of aryl methyl sites for hydroxylation is 1. The number of nitrogens with one attached hydrogen (secondary N) is 1.